The van der Waals surface area contributed by atoms with E-state index >= 15 is 0 Å². The van der Waals surface area contributed by atoms with Crippen LogP contribution in [-0.4, -0.2) is 21.0 Å². The Hall–Kier alpha value is -3.49. The molecule has 3 unspecified atom stereocenters. The highest BCUT2D eigenvalue weighted by Crippen LogP contribution is 2.61. The van der Waals surface area contributed by atoms with Crippen LogP contribution in [0.4, 0.5) is 17.6 Å². The average molecular weight is 444 g/mol. The van der Waals surface area contributed by atoms with Crippen LogP contribution < -0.4 is 4.74 Å². The van der Waals surface area contributed by atoms with Crippen molar-refractivity contribution >= 4 is 5.97 Å². The molecule has 5 nitrogen and oxygen atoms in total. The second-order valence-electron chi connectivity index (χ2n) is 7.97. The minimum absolute atomic E-state index is 0.0134. The van der Waals surface area contributed by atoms with Gasteiger partial charge >= 0.3 is 12.1 Å². The molecular formula is C23H16F4N2O3. The molecule has 0 aliphatic heterocycles. The lowest BCUT2D eigenvalue weighted by atomic mass is 10.0. The topological polar surface area (TPSA) is 72.3 Å². The van der Waals surface area contributed by atoms with Gasteiger partial charge in [0, 0.05) is 35.5 Å². The molecule has 0 saturated heterocycles. The van der Waals surface area contributed by atoms with Crippen molar-refractivity contribution in [3.05, 3.63) is 77.0 Å². The monoisotopic (exact) mass is 444 g/mol. The summed E-state index contributed by atoms with van der Waals surface area (Å²) in [4.78, 5) is 18.8. The molecule has 3 aromatic rings. The average Bonchev–Trinajstić information content (AvgIpc) is 3.35. The molecule has 0 radical (unpaired) electrons. The molecule has 1 saturated carbocycles. The van der Waals surface area contributed by atoms with Crippen LogP contribution in [0.2, 0.25) is 0 Å². The number of hydrogen-bond donors (Lipinski definition) is 1. The predicted molar refractivity (Wildman–Crippen MR) is 104 cm³/mol. The number of carbonyl (C=O) groups is 1. The number of carboxylic acid groups (broad SMARTS) is 1. The third-order valence-corrected chi connectivity index (χ3v) is 6.08. The molecule has 0 bridgehead atoms. The van der Waals surface area contributed by atoms with E-state index in [0.717, 1.165) is 23.4 Å². The molecule has 164 valence electrons. The van der Waals surface area contributed by atoms with E-state index < -0.39 is 23.7 Å². The number of ether oxygens (including phenoxy) is 1. The van der Waals surface area contributed by atoms with E-state index in [-0.39, 0.29) is 46.9 Å². The van der Waals surface area contributed by atoms with Gasteiger partial charge in [0.15, 0.2) is 5.69 Å². The van der Waals surface area contributed by atoms with E-state index in [0.29, 0.717) is 6.42 Å². The molecule has 2 aromatic heterocycles. The third-order valence-electron chi connectivity index (χ3n) is 6.08. The van der Waals surface area contributed by atoms with Crippen LogP contribution in [0.15, 0.2) is 48.8 Å². The maximum atomic E-state index is 14.3. The first-order valence-corrected chi connectivity index (χ1v) is 9.89. The summed E-state index contributed by atoms with van der Waals surface area (Å²) in [5.74, 6) is -1.46. The Balaban J connectivity index is 1.35. The van der Waals surface area contributed by atoms with E-state index in [1.54, 1.807) is 12.3 Å². The van der Waals surface area contributed by atoms with E-state index in [1.165, 1.54) is 24.3 Å². The van der Waals surface area contributed by atoms with Crippen molar-refractivity contribution in [3.8, 4) is 17.0 Å². The zero-order valence-corrected chi connectivity index (χ0v) is 16.4. The minimum atomic E-state index is -4.64. The minimum Gasteiger partial charge on any atom is -0.481 e. The van der Waals surface area contributed by atoms with Crippen molar-refractivity contribution in [2.24, 2.45) is 11.8 Å². The largest absolute Gasteiger partial charge is 0.481 e. The van der Waals surface area contributed by atoms with Gasteiger partial charge in [0.1, 0.15) is 12.4 Å². The highest BCUT2D eigenvalue weighted by molar-refractivity contribution is 5.77. The van der Waals surface area contributed by atoms with E-state index in [9.17, 15) is 27.5 Å². The number of benzene rings is 1. The van der Waals surface area contributed by atoms with Crippen LogP contribution in [0.1, 0.15) is 28.3 Å². The van der Waals surface area contributed by atoms with Gasteiger partial charge in [-0.05, 0) is 47.2 Å². The second-order valence-corrected chi connectivity index (χ2v) is 7.97. The maximum absolute atomic E-state index is 14.3. The van der Waals surface area contributed by atoms with Gasteiger partial charge in [0.25, 0.3) is 0 Å². The Morgan fingerprint density at radius 2 is 2.00 bits per heavy atom. The molecular weight excluding hydrogens is 428 g/mol. The Morgan fingerprint density at radius 3 is 2.75 bits per heavy atom. The van der Waals surface area contributed by atoms with Gasteiger partial charge in [-0.1, -0.05) is 12.1 Å². The number of rotatable bonds is 5. The number of carboxylic acids is 1. The van der Waals surface area contributed by atoms with Crippen molar-refractivity contribution in [2.45, 2.75) is 25.1 Å². The zero-order chi connectivity index (χ0) is 22.6. The van der Waals surface area contributed by atoms with Crippen molar-refractivity contribution in [2.75, 3.05) is 0 Å². The summed E-state index contributed by atoms with van der Waals surface area (Å²) in [7, 11) is 0. The van der Waals surface area contributed by atoms with Crippen LogP contribution in [-0.2, 0) is 24.0 Å². The van der Waals surface area contributed by atoms with Crippen molar-refractivity contribution in [1.82, 2.24) is 9.97 Å². The van der Waals surface area contributed by atoms with E-state index in [4.69, 9.17) is 4.74 Å². The second kappa shape index (κ2) is 7.29. The number of alkyl halides is 3. The molecule has 32 heavy (non-hydrogen) atoms. The number of aliphatic carboxylic acids is 1. The maximum Gasteiger partial charge on any atom is 0.433 e. The van der Waals surface area contributed by atoms with Gasteiger partial charge in [-0.15, -0.1) is 0 Å². The number of hydrogen-bond acceptors (Lipinski definition) is 4. The van der Waals surface area contributed by atoms with Gasteiger partial charge in [0.2, 0.25) is 5.88 Å². The fourth-order valence-corrected chi connectivity index (χ4v) is 4.55. The van der Waals surface area contributed by atoms with E-state index in [1.807, 2.05) is 0 Å². The molecule has 3 atom stereocenters. The van der Waals surface area contributed by atoms with Gasteiger partial charge in [-0.3, -0.25) is 9.78 Å². The fourth-order valence-electron chi connectivity index (χ4n) is 4.55. The lowest BCUT2D eigenvalue weighted by Gasteiger charge is -2.13. The van der Waals surface area contributed by atoms with Gasteiger partial charge in [0.05, 0.1) is 5.92 Å². The molecule has 0 spiro atoms. The Morgan fingerprint density at radius 1 is 1.19 bits per heavy atom. The lowest BCUT2D eigenvalue weighted by Crippen LogP contribution is -2.10. The van der Waals surface area contributed by atoms with Gasteiger partial charge in [-0.2, -0.15) is 13.2 Å². The quantitative estimate of drug-likeness (QED) is 0.570. The summed E-state index contributed by atoms with van der Waals surface area (Å²) < 4.78 is 59.8. The molecule has 1 N–H and O–H groups in total. The number of fused-ring (bicyclic) bond motifs is 3. The first kappa shape index (κ1) is 20.4. The summed E-state index contributed by atoms with van der Waals surface area (Å²) in [5.41, 5.74) is 0.921. The van der Waals surface area contributed by atoms with Crippen LogP contribution in [0.5, 0.6) is 5.88 Å². The number of halogens is 4. The molecule has 1 aromatic carbocycles. The summed E-state index contributed by atoms with van der Waals surface area (Å²) in [6.07, 6.45) is -1.37. The van der Waals surface area contributed by atoms with E-state index in [2.05, 4.69) is 9.97 Å². The van der Waals surface area contributed by atoms with Gasteiger partial charge in [-0.25, -0.2) is 9.37 Å². The Bertz CT molecular complexity index is 1230. The molecule has 2 aliphatic rings. The zero-order valence-electron chi connectivity index (χ0n) is 16.4. The molecule has 9 heteroatoms. The van der Waals surface area contributed by atoms with Crippen LogP contribution >= 0.6 is 0 Å². The molecule has 1 fully saturated rings. The fraction of sp³-hybridized carbons (Fsp3) is 0.261. The van der Waals surface area contributed by atoms with Crippen molar-refractivity contribution in [1.29, 1.82) is 0 Å². The van der Waals surface area contributed by atoms with Gasteiger partial charge < -0.3 is 9.84 Å². The highest BCUT2D eigenvalue weighted by atomic mass is 19.4. The summed E-state index contributed by atoms with van der Waals surface area (Å²) in [6.45, 7) is -0.225. The van der Waals surface area contributed by atoms with Crippen LogP contribution in [0.3, 0.4) is 0 Å². The van der Waals surface area contributed by atoms with Crippen molar-refractivity contribution in [3.63, 3.8) is 0 Å². The lowest BCUT2D eigenvalue weighted by molar-refractivity contribution is -0.141. The number of pyridine rings is 2. The smallest absolute Gasteiger partial charge is 0.433 e. The third kappa shape index (κ3) is 3.47. The number of aromatic nitrogens is 2. The number of nitrogens with zero attached hydrogens (tertiary/aromatic N) is 2. The van der Waals surface area contributed by atoms with Crippen LogP contribution in [0.25, 0.3) is 11.1 Å². The standard InChI is InChI=1S/C23H16F4N2O3/c24-17-4-3-11(14-2-1-5-28-21(14)23(25,26)27)6-13(17)10-32-18-8-12-7-15-19(16(12)9-29-18)20(15)22(30)31/h1-6,8-9,15,19-20H,7,10H2,(H,30,31). The molecule has 5 rings (SSSR count). The summed E-state index contributed by atoms with van der Waals surface area (Å²) >= 11 is 0. The first-order valence-electron chi connectivity index (χ1n) is 9.89. The Labute approximate surface area is 179 Å². The summed E-state index contributed by atoms with van der Waals surface area (Å²) in [6, 6.07) is 8.05. The molecule has 0 amide bonds. The first-order chi connectivity index (χ1) is 15.2. The predicted octanol–water partition coefficient (Wildman–Crippen LogP) is 4.85. The van der Waals surface area contributed by atoms with Crippen molar-refractivity contribution < 1.29 is 32.2 Å². The van der Waals surface area contributed by atoms with Crippen LogP contribution in [0, 0.1) is 17.7 Å². The molecule has 2 aliphatic carbocycles. The highest BCUT2D eigenvalue weighted by Gasteiger charge is 2.59. The normalized spacial score (nSPS) is 21.1. The SMILES string of the molecule is O=C(O)C1C2Cc3cc(OCc4cc(-c5cccnc5C(F)(F)F)ccc4F)ncc3C21. The Kier molecular flexibility index (Phi) is 4.65. The summed E-state index contributed by atoms with van der Waals surface area (Å²) in [5, 5.41) is 9.20. The molecule has 2 heterocycles.